The van der Waals surface area contributed by atoms with E-state index >= 15 is 0 Å². The van der Waals surface area contributed by atoms with Gasteiger partial charge in [-0.3, -0.25) is 0 Å². The Balaban J connectivity index is 0.000000218. The topological polar surface area (TPSA) is 38.0 Å². The molecule has 0 aromatic carbocycles. The Hall–Kier alpha value is -0.0800. The monoisotopic (exact) mass is 158 g/mol. The minimum absolute atomic E-state index is 0.536. The summed E-state index contributed by atoms with van der Waals surface area (Å²) in [7, 11) is 1.93. The largest absolute Gasteiger partial charge is 0.328 e. The molecule has 0 spiro atoms. The second kappa shape index (κ2) is 8.02. The summed E-state index contributed by atoms with van der Waals surface area (Å²) in [4.78, 5) is 0. The Labute approximate surface area is 70.5 Å². The van der Waals surface area contributed by atoms with E-state index in [9.17, 15) is 0 Å². The van der Waals surface area contributed by atoms with E-state index in [0.717, 1.165) is 6.54 Å². The summed E-state index contributed by atoms with van der Waals surface area (Å²) >= 11 is 0. The highest BCUT2D eigenvalue weighted by Gasteiger charge is 2.06. The van der Waals surface area contributed by atoms with Crippen LogP contribution in [0.3, 0.4) is 0 Å². The van der Waals surface area contributed by atoms with Crippen LogP contribution in [-0.2, 0) is 0 Å². The van der Waals surface area contributed by atoms with Gasteiger partial charge in [0.05, 0.1) is 0 Å². The van der Waals surface area contributed by atoms with Gasteiger partial charge in [0.1, 0.15) is 0 Å². The molecule has 2 heteroatoms. The van der Waals surface area contributed by atoms with Gasteiger partial charge >= 0.3 is 0 Å². The molecule has 1 fully saturated rings. The molecule has 0 aromatic heterocycles. The summed E-state index contributed by atoms with van der Waals surface area (Å²) in [5.41, 5.74) is 5.63. The molecule has 0 unspecified atom stereocenters. The van der Waals surface area contributed by atoms with Crippen molar-refractivity contribution < 1.29 is 0 Å². The number of hydrogen-bond acceptors (Lipinski definition) is 2. The molecule has 1 aliphatic rings. The van der Waals surface area contributed by atoms with Gasteiger partial charge in [0.15, 0.2) is 0 Å². The summed E-state index contributed by atoms with van der Waals surface area (Å²) in [5, 5.41) is 2.93. The van der Waals surface area contributed by atoms with E-state index in [1.54, 1.807) is 0 Å². The summed E-state index contributed by atoms with van der Waals surface area (Å²) in [6.07, 6.45) is 6.66. The van der Waals surface area contributed by atoms with Gasteiger partial charge in [-0.25, -0.2) is 0 Å². The Kier molecular flexibility index (Phi) is 7.96. The van der Waals surface area contributed by atoms with Gasteiger partial charge in [-0.15, -0.1) is 0 Å². The van der Waals surface area contributed by atoms with Crippen LogP contribution in [0.1, 0.15) is 39.0 Å². The highest BCUT2D eigenvalue weighted by Crippen LogP contribution is 2.14. The van der Waals surface area contributed by atoms with Gasteiger partial charge < -0.3 is 11.1 Å². The van der Waals surface area contributed by atoms with Crippen molar-refractivity contribution >= 4 is 0 Å². The van der Waals surface area contributed by atoms with Crippen molar-refractivity contribution in [3.63, 3.8) is 0 Å². The molecule has 0 atom stereocenters. The normalized spacial score (nSPS) is 18.8. The predicted octanol–water partition coefficient (Wildman–Crippen LogP) is 1.50. The van der Waals surface area contributed by atoms with Gasteiger partial charge in [0.2, 0.25) is 0 Å². The van der Waals surface area contributed by atoms with Crippen molar-refractivity contribution in [3.8, 4) is 0 Å². The maximum absolute atomic E-state index is 5.63. The third-order valence-corrected chi connectivity index (χ3v) is 2.00. The van der Waals surface area contributed by atoms with Crippen LogP contribution in [0.4, 0.5) is 0 Å². The highest BCUT2D eigenvalue weighted by molar-refractivity contribution is 4.66. The van der Waals surface area contributed by atoms with Crippen LogP contribution in [-0.4, -0.2) is 19.6 Å². The van der Waals surface area contributed by atoms with Crippen LogP contribution in [0.5, 0.6) is 0 Å². The van der Waals surface area contributed by atoms with Crippen LogP contribution in [0.25, 0.3) is 0 Å². The SMILES string of the molecule is CCNC.NC1CCCCC1. The van der Waals surface area contributed by atoms with E-state index < -0.39 is 0 Å². The molecule has 0 amide bonds. The van der Waals surface area contributed by atoms with Crippen molar-refractivity contribution in [3.05, 3.63) is 0 Å². The first kappa shape index (κ1) is 10.9. The quantitative estimate of drug-likeness (QED) is 0.607. The number of nitrogens with two attached hydrogens (primary N) is 1. The lowest BCUT2D eigenvalue weighted by molar-refractivity contribution is 0.441. The minimum Gasteiger partial charge on any atom is -0.328 e. The fourth-order valence-electron chi connectivity index (χ4n) is 1.13. The fraction of sp³-hybridized carbons (Fsp3) is 1.00. The summed E-state index contributed by atoms with van der Waals surface area (Å²) in [6.45, 7) is 3.14. The molecule has 1 saturated carbocycles. The average Bonchev–Trinajstić information content (AvgIpc) is 2.07. The van der Waals surface area contributed by atoms with Crippen molar-refractivity contribution in [2.24, 2.45) is 5.73 Å². The zero-order chi connectivity index (χ0) is 8.53. The molecular weight excluding hydrogens is 136 g/mol. The molecular formula is C9H22N2. The molecule has 68 valence electrons. The zero-order valence-electron chi connectivity index (χ0n) is 7.90. The molecule has 0 radical (unpaired) electrons. The smallest absolute Gasteiger partial charge is 0.00388 e. The Morgan fingerprint density at radius 1 is 1.27 bits per heavy atom. The second-order valence-corrected chi connectivity index (χ2v) is 3.11. The van der Waals surface area contributed by atoms with Crippen LogP contribution in [0.2, 0.25) is 0 Å². The van der Waals surface area contributed by atoms with Crippen LogP contribution in [0.15, 0.2) is 0 Å². The van der Waals surface area contributed by atoms with Crippen molar-refractivity contribution in [2.45, 2.75) is 45.1 Å². The molecule has 1 aliphatic carbocycles. The standard InChI is InChI=1S/C6H13N.C3H9N/c7-6-4-2-1-3-5-6;1-3-4-2/h6H,1-5,7H2;4H,3H2,1-2H3. The third kappa shape index (κ3) is 7.82. The van der Waals surface area contributed by atoms with Gasteiger partial charge in [-0.1, -0.05) is 26.2 Å². The van der Waals surface area contributed by atoms with Crippen molar-refractivity contribution in [2.75, 3.05) is 13.6 Å². The van der Waals surface area contributed by atoms with Gasteiger partial charge in [-0.2, -0.15) is 0 Å². The van der Waals surface area contributed by atoms with E-state index in [1.807, 2.05) is 7.05 Å². The lowest BCUT2D eigenvalue weighted by Crippen LogP contribution is -2.22. The Bertz CT molecular complexity index is 66.0. The maximum Gasteiger partial charge on any atom is 0.00388 e. The van der Waals surface area contributed by atoms with E-state index in [2.05, 4.69) is 12.2 Å². The van der Waals surface area contributed by atoms with Crippen LogP contribution >= 0.6 is 0 Å². The molecule has 0 aliphatic heterocycles. The number of rotatable bonds is 1. The fourth-order valence-corrected chi connectivity index (χ4v) is 1.13. The molecule has 0 aromatic rings. The minimum atomic E-state index is 0.536. The lowest BCUT2D eigenvalue weighted by atomic mass is 9.97. The number of nitrogens with one attached hydrogen (secondary N) is 1. The first-order chi connectivity index (χ1) is 5.31. The summed E-state index contributed by atoms with van der Waals surface area (Å²) in [5.74, 6) is 0. The van der Waals surface area contributed by atoms with Gasteiger partial charge in [0, 0.05) is 6.04 Å². The van der Waals surface area contributed by atoms with Gasteiger partial charge in [0.25, 0.3) is 0 Å². The average molecular weight is 158 g/mol. The van der Waals surface area contributed by atoms with E-state index in [0.29, 0.717) is 6.04 Å². The molecule has 1 rings (SSSR count). The van der Waals surface area contributed by atoms with Crippen molar-refractivity contribution in [1.82, 2.24) is 5.32 Å². The number of hydrogen-bond donors (Lipinski definition) is 2. The summed E-state index contributed by atoms with van der Waals surface area (Å²) in [6, 6.07) is 0.536. The Morgan fingerprint density at radius 3 is 1.91 bits per heavy atom. The van der Waals surface area contributed by atoms with Crippen LogP contribution in [0, 0.1) is 0 Å². The Morgan fingerprint density at radius 2 is 1.73 bits per heavy atom. The van der Waals surface area contributed by atoms with Crippen molar-refractivity contribution in [1.29, 1.82) is 0 Å². The molecule has 0 bridgehead atoms. The second-order valence-electron chi connectivity index (χ2n) is 3.11. The van der Waals surface area contributed by atoms with E-state index in [1.165, 1.54) is 32.1 Å². The molecule has 0 saturated heterocycles. The summed E-state index contributed by atoms with van der Waals surface area (Å²) < 4.78 is 0. The van der Waals surface area contributed by atoms with E-state index in [4.69, 9.17) is 5.73 Å². The molecule has 3 N–H and O–H groups in total. The van der Waals surface area contributed by atoms with Crippen LogP contribution < -0.4 is 11.1 Å². The highest BCUT2D eigenvalue weighted by atomic mass is 14.8. The molecule has 11 heavy (non-hydrogen) atoms. The lowest BCUT2D eigenvalue weighted by Gasteiger charge is -2.15. The molecule has 2 nitrogen and oxygen atoms in total. The predicted molar refractivity (Wildman–Crippen MR) is 50.7 cm³/mol. The molecule has 0 heterocycles. The first-order valence-corrected chi connectivity index (χ1v) is 4.71. The first-order valence-electron chi connectivity index (χ1n) is 4.71. The zero-order valence-corrected chi connectivity index (χ0v) is 7.90. The third-order valence-electron chi connectivity index (χ3n) is 2.00. The van der Waals surface area contributed by atoms with Gasteiger partial charge in [-0.05, 0) is 26.4 Å². The van der Waals surface area contributed by atoms with E-state index in [-0.39, 0.29) is 0 Å². The maximum atomic E-state index is 5.63.